The molecule has 3 heteroatoms. The SMILES string of the molecule is Cn1nc(C(C)(C)c2ccccc2)c2c1CCNC2. The summed E-state index contributed by atoms with van der Waals surface area (Å²) in [5.41, 5.74) is 5.26. The highest BCUT2D eigenvalue weighted by atomic mass is 15.3. The molecule has 1 aromatic heterocycles. The highest BCUT2D eigenvalue weighted by Crippen LogP contribution is 2.34. The molecule has 0 saturated heterocycles. The lowest BCUT2D eigenvalue weighted by molar-refractivity contribution is 0.585. The van der Waals surface area contributed by atoms with Crippen LogP contribution in [0, 0.1) is 0 Å². The van der Waals surface area contributed by atoms with Gasteiger partial charge in [-0.1, -0.05) is 44.2 Å². The second-order valence-corrected chi connectivity index (χ2v) is 5.82. The van der Waals surface area contributed by atoms with Gasteiger partial charge >= 0.3 is 0 Å². The first-order valence-corrected chi connectivity index (χ1v) is 6.92. The molecule has 19 heavy (non-hydrogen) atoms. The number of rotatable bonds is 2. The summed E-state index contributed by atoms with van der Waals surface area (Å²) < 4.78 is 2.07. The zero-order chi connectivity index (χ0) is 13.5. The monoisotopic (exact) mass is 255 g/mol. The molecule has 3 nitrogen and oxygen atoms in total. The third-order valence-corrected chi connectivity index (χ3v) is 4.20. The minimum Gasteiger partial charge on any atom is -0.312 e. The van der Waals surface area contributed by atoms with Gasteiger partial charge in [-0.25, -0.2) is 0 Å². The summed E-state index contributed by atoms with van der Waals surface area (Å²) in [5, 5.41) is 8.28. The molecular formula is C16H21N3. The van der Waals surface area contributed by atoms with Gasteiger partial charge in [-0.2, -0.15) is 5.10 Å². The molecule has 2 aromatic rings. The number of nitrogens with one attached hydrogen (secondary N) is 1. The van der Waals surface area contributed by atoms with Crippen molar-refractivity contribution in [3.05, 3.63) is 52.8 Å². The van der Waals surface area contributed by atoms with E-state index in [4.69, 9.17) is 5.10 Å². The lowest BCUT2D eigenvalue weighted by atomic mass is 9.79. The van der Waals surface area contributed by atoms with Crippen LogP contribution in [0.15, 0.2) is 30.3 Å². The fourth-order valence-corrected chi connectivity index (χ4v) is 3.02. The molecule has 0 aliphatic carbocycles. The van der Waals surface area contributed by atoms with E-state index < -0.39 is 0 Å². The van der Waals surface area contributed by atoms with Crippen molar-refractivity contribution >= 4 is 0 Å². The molecule has 2 heterocycles. The first-order valence-electron chi connectivity index (χ1n) is 6.92. The van der Waals surface area contributed by atoms with E-state index in [-0.39, 0.29) is 5.41 Å². The predicted octanol–water partition coefficient (Wildman–Crippen LogP) is 2.39. The molecule has 0 fully saturated rings. The molecule has 0 unspecified atom stereocenters. The normalized spacial score (nSPS) is 15.3. The van der Waals surface area contributed by atoms with Crippen molar-refractivity contribution in [2.75, 3.05) is 6.54 Å². The van der Waals surface area contributed by atoms with Gasteiger partial charge in [0.2, 0.25) is 0 Å². The smallest absolute Gasteiger partial charge is 0.0772 e. The Morgan fingerprint density at radius 1 is 1.21 bits per heavy atom. The fourth-order valence-electron chi connectivity index (χ4n) is 3.02. The van der Waals surface area contributed by atoms with E-state index in [0.717, 1.165) is 19.5 Å². The van der Waals surface area contributed by atoms with Crippen molar-refractivity contribution in [1.82, 2.24) is 15.1 Å². The van der Waals surface area contributed by atoms with Crippen LogP contribution in [0.5, 0.6) is 0 Å². The Bertz CT molecular complexity index is 582. The average molecular weight is 255 g/mol. The maximum atomic E-state index is 4.82. The second-order valence-electron chi connectivity index (χ2n) is 5.82. The molecule has 3 rings (SSSR count). The molecule has 0 atom stereocenters. The van der Waals surface area contributed by atoms with Gasteiger partial charge in [0.15, 0.2) is 0 Å². The summed E-state index contributed by atoms with van der Waals surface area (Å²) >= 11 is 0. The summed E-state index contributed by atoms with van der Waals surface area (Å²) in [6.07, 6.45) is 1.07. The van der Waals surface area contributed by atoms with Crippen molar-refractivity contribution in [3.8, 4) is 0 Å². The Labute approximate surface area is 114 Å². The largest absolute Gasteiger partial charge is 0.312 e. The molecule has 1 aromatic carbocycles. The molecule has 1 aliphatic rings. The molecular weight excluding hydrogens is 234 g/mol. The Morgan fingerprint density at radius 2 is 1.95 bits per heavy atom. The molecule has 1 N–H and O–H groups in total. The van der Waals surface area contributed by atoms with E-state index in [0.29, 0.717) is 0 Å². The van der Waals surface area contributed by atoms with Crippen LogP contribution in [0.2, 0.25) is 0 Å². The summed E-state index contributed by atoms with van der Waals surface area (Å²) in [4.78, 5) is 0. The Morgan fingerprint density at radius 3 is 2.68 bits per heavy atom. The van der Waals surface area contributed by atoms with Crippen molar-refractivity contribution in [3.63, 3.8) is 0 Å². The standard InChI is InChI=1S/C16H21N3/c1-16(2,12-7-5-4-6-8-12)15-13-11-17-10-9-14(13)19(3)18-15/h4-8,17H,9-11H2,1-3H3. The number of nitrogens with zero attached hydrogens (tertiary/aromatic N) is 2. The van der Waals surface area contributed by atoms with Crippen LogP contribution >= 0.6 is 0 Å². The van der Waals surface area contributed by atoms with Crippen LogP contribution < -0.4 is 5.32 Å². The lowest BCUT2D eigenvalue weighted by Crippen LogP contribution is -2.27. The number of hydrogen-bond acceptors (Lipinski definition) is 2. The Hall–Kier alpha value is -1.61. The lowest BCUT2D eigenvalue weighted by Gasteiger charge is -2.26. The van der Waals surface area contributed by atoms with Crippen LogP contribution in [0.25, 0.3) is 0 Å². The van der Waals surface area contributed by atoms with E-state index in [2.05, 4.69) is 61.2 Å². The second kappa shape index (κ2) is 4.49. The summed E-state index contributed by atoms with van der Waals surface area (Å²) in [6.45, 7) is 6.52. The van der Waals surface area contributed by atoms with Gasteiger partial charge in [0.05, 0.1) is 5.69 Å². The third-order valence-electron chi connectivity index (χ3n) is 4.20. The van der Waals surface area contributed by atoms with Gasteiger partial charge in [0.25, 0.3) is 0 Å². The molecule has 0 spiro atoms. The van der Waals surface area contributed by atoms with E-state index >= 15 is 0 Å². The van der Waals surface area contributed by atoms with Crippen molar-refractivity contribution in [2.24, 2.45) is 7.05 Å². The topological polar surface area (TPSA) is 29.9 Å². The summed E-state index contributed by atoms with van der Waals surface area (Å²) in [5.74, 6) is 0. The van der Waals surface area contributed by atoms with E-state index in [1.807, 2.05) is 0 Å². The fraction of sp³-hybridized carbons (Fsp3) is 0.438. The highest BCUT2D eigenvalue weighted by molar-refractivity contribution is 5.41. The molecule has 100 valence electrons. The van der Waals surface area contributed by atoms with Crippen molar-refractivity contribution < 1.29 is 0 Å². The number of aromatic nitrogens is 2. The quantitative estimate of drug-likeness (QED) is 0.893. The van der Waals surface area contributed by atoms with Gasteiger partial charge in [-0.3, -0.25) is 4.68 Å². The van der Waals surface area contributed by atoms with Gasteiger partial charge < -0.3 is 5.32 Å². The third kappa shape index (κ3) is 1.98. The number of benzene rings is 1. The number of fused-ring (bicyclic) bond motifs is 1. The van der Waals surface area contributed by atoms with Crippen LogP contribution in [-0.2, 0) is 25.4 Å². The van der Waals surface area contributed by atoms with E-state index in [1.54, 1.807) is 0 Å². The zero-order valence-electron chi connectivity index (χ0n) is 11.9. The Balaban J connectivity index is 2.12. The maximum absolute atomic E-state index is 4.82. The maximum Gasteiger partial charge on any atom is 0.0772 e. The number of hydrogen-bond donors (Lipinski definition) is 1. The molecule has 0 amide bonds. The van der Waals surface area contributed by atoms with E-state index in [9.17, 15) is 0 Å². The first-order chi connectivity index (χ1) is 9.10. The summed E-state index contributed by atoms with van der Waals surface area (Å²) in [7, 11) is 2.06. The molecule has 1 aliphatic heterocycles. The molecule has 0 saturated carbocycles. The van der Waals surface area contributed by atoms with Gasteiger partial charge in [-0.05, 0) is 5.56 Å². The van der Waals surface area contributed by atoms with Gasteiger partial charge in [0.1, 0.15) is 0 Å². The highest BCUT2D eigenvalue weighted by Gasteiger charge is 2.31. The minimum atomic E-state index is -0.0500. The van der Waals surface area contributed by atoms with Crippen LogP contribution in [0.3, 0.4) is 0 Å². The number of aryl methyl sites for hydroxylation is 1. The van der Waals surface area contributed by atoms with Gasteiger partial charge in [0, 0.05) is 43.2 Å². The summed E-state index contributed by atoms with van der Waals surface area (Å²) in [6, 6.07) is 10.7. The van der Waals surface area contributed by atoms with Gasteiger partial charge in [-0.15, -0.1) is 0 Å². The van der Waals surface area contributed by atoms with Crippen LogP contribution in [-0.4, -0.2) is 16.3 Å². The van der Waals surface area contributed by atoms with Crippen LogP contribution in [0.4, 0.5) is 0 Å². The van der Waals surface area contributed by atoms with Crippen LogP contribution in [0.1, 0.15) is 36.4 Å². The van der Waals surface area contributed by atoms with E-state index in [1.165, 1.54) is 22.5 Å². The zero-order valence-corrected chi connectivity index (χ0v) is 11.9. The molecule has 0 bridgehead atoms. The molecule has 0 radical (unpaired) electrons. The van der Waals surface area contributed by atoms with Crippen molar-refractivity contribution in [2.45, 2.75) is 32.2 Å². The minimum absolute atomic E-state index is 0.0500. The first kappa shape index (κ1) is 12.4. The van der Waals surface area contributed by atoms with Crippen molar-refractivity contribution in [1.29, 1.82) is 0 Å². The predicted molar refractivity (Wildman–Crippen MR) is 77.2 cm³/mol. The Kier molecular flexibility index (Phi) is 2.94. The average Bonchev–Trinajstić information content (AvgIpc) is 2.79.